The lowest BCUT2D eigenvalue weighted by Gasteiger charge is -2.36. The number of carbonyl (C=O) groups excluding carboxylic acids is 2. The third kappa shape index (κ3) is 5.35. The Labute approximate surface area is 208 Å². The van der Waals surface area contributed by atoms with Crippen LogP contribution in [0.15, 0.2) is 72.8 Å². The number of ether oxygens (including phenoxy) is 1. The fourth-order valence-corrected chi connectivity index (χ4v) is 4.05. The zero-order chi connectivity index (χ0) is 25.7. The number of amides is 2. The Hall–Kier alpha value is -4.27. The number of halogens is 1. The molecule has 3 aromatic carbocycles. The smallest absolute Gasteiger partial charge is 0.251 e. The third-order valence-corrected chi connectivity index (χ3v) is 6.13. The summed E-state index contributed by atoms with van der Waals surface area (Å²) in [5.41, 5.74) is 2.46. The minimum atomic E-state index is -0.946. The number of hydrogen-bond donors (Lipinski definition) is 1. The lowest BCUT2D eigenvalue weighted by Crippen LogP contribution is -2.47. The second kappa shape index (κ2) is 11.0. The molecule has 0 saturated heterocycles. The molecule has 0 saturated carbocycles. The first-order valence-corrected chi connectivity index (χ1v) is 11.7. The summed E-state index contributed by atoms with van der Waals surface area (Å²) in [5.74, 6) is -0.470. The van der Waals surface area contributed by atoms with Crippen LogP contribution in [0.1, 0.15) is 31.9 Å². The van der Waals surface area contributed by atoms with Gasteiger partial charge in [-0.3, -0.25) is 9.59 Å². The quantitative estimate of drug-likeness (QED) is 0.372. The molecule has 9 heteroatoms. The van der Waals surface area contributed by atoms with Gasteiger partial charge in [0.05, 0.1) is 12.6 Å². The number of nitrogens with zero attached hydrogens (tertiary/aromatic N) is 4. The van der Waals surface area contributed by atoms with Crippen molar-refractivity contribution in [1.29, 1.82) is 0 Å². The van der Waals surface area contributed by atoms with Gasteiger partial charge >= 0.3 is 0 Å². The fourth-order valence-electron chi connectivity index (χ4n) is 4.05. The molecule has 0 aliphatic carbocycles. The number of para-hydroxylation sites is 1. The summed E-state index contributed by atoms with van der Waals surface area (Å²) < 4.78 is 20.2. The van der Waals surface area contributed by atoms with Crippen LogP contribution in [0.25, 0.3) is 11.0 Å². The van der Waals surface area contributed by atoms with E-state index in [1.54, 1.807) is 36.3 Å². The van der Waals surface area contributed by atoms with E-state index in [1.807, 2.05) is 38.1 Å². The highest BCUT2D eigenvalue weighted by atomic mass is 19.1. The number of fused-ring (bicyclic) bond motifs is 1. The number of hydrogen-bond acceptors (Lipinski definition) is 5. The maximum Gasteiger partial charge on any atom is 0.251 e. The van der Waals surface area contributed by atoms with E-state index < -0.39 is 17.8 Å². The number of anilines is 1. The predicted octanol–water partition coefficient (Wildman–Crippen LogP) is 4.59. The Morgan fingerprint density at radius 1 is 1.06 bits per heavy atom. The summed E-state index contributed by atoms with van der Waals surface area (Å²) in [5, 5.41) is 11.1. The van der Waals surface area contributed by atoms with Crippen LogP contribution < -0.4 is 10.1 Å². The number of benzene rings is 3. The molecular formula is C27H28FN5O3. The van der Waals surface area contributed by atoms with Crippen LogP contribution in [0.2, 0.25) is 0 Å². The number of carbonyl (C=O) groups is 2. The second-order valence-electron chi connectivity index (χ2n) is 8.47. The lowest BCUT2D eigenvalue weighted by atomic mass is 10.0. The number of nitrogens with one attached hydrogen (secondary N) is 1. The number of methoxy groups -OCH3 is 1. The summed E-state index contributed by atoms with van der Waals surface area (Å²) in [6.45, 7) is 3.78. The minimum Gasteiger partial charge on any atom is -0.497 e. The third-order valence-electron chi connectivity index (χ3n) is 6.13. The van der Waals surface area contributed by atoms with Crippen molar-refractivity contribution in [1.82, 2.24) is 19.9 Å². The zero-order valence-electron chi connectivity index (χ0n) is 20.4. The van der Waals surface area contributed by atoms with Gasteiger partial charge in [-0.05, 0) is 67.4 Å². The van der Waals surface area contributed by atoms with Gasteiger partial charge in [0.15, 0.2) is 0 Å². The Morgan fingerprint density at radius 3 is 2.42 bits per heavy atom. The van der Waals surface area contributed by atoms with Crippen molar-refractivity contribution in [3.05, 3.63) is 84.2 Å². The average Bonchev–Trinajstić information content (AvgIpc) is 3.30. The molecular weight excluding hydrogens is 461 g/mol. The highest BCUT2D eigenvalue weighted by Gasteiger charge is 2.34. The second-order valence-corrected chi connectivity index (χ2v) is 8.47. The molecule has 0 radical (unpaired) electrons. The van der Waals surface area contributed by atoms with Gasteiger partial charge < -0.3 is 15.0 Å². The molecule has 1 heterocycles. The monoisotopic (exact) mass is 489 g/mol. The minimum absolute atomic E-state index is 0.0820. The molecule has 2 amide bonds. The van der Waals surface area contributed by atoms with E-state index in [1.165, 1.54) is 28.9 Å². The predicted molar refractivity (Wildman–Crippen MR) is 135 cm³/mol. The Bertz CT molecular complexity index is 1340. The van der Waals surface area contributed by atoms with Gasteiger partial charge in [0.2, 0.25) is 5.91 Å². The zero-order valence-corrected chi connectivity index (χ0v) is 20.4. The molecule has 0 aliphatic rings. The summed E-state index contributed by atoms with van der Waals surface area (Å²) in [6, 6.07) is 18.7. The molecule has 4 rings (SSSR count). The van der Waals surface area contributed by atoms with E-state index in [4.69, 9.17) is 4.74 Å². The van der Waals surface area contributed by atoms with E-state index in [0.29, 0.717) is 28.9 Å². The maximum absolute atomic E-state index is 13.8. The van der Waals surface area contributed by atoms with Crippen molar-refractivity contribution < 1.29 is 18.7 Å². The summed E-state index contributed by atoms with van der Waals surface area (Å²) in [7, 11) is 1.56. The molecule has 36 heavy (non-hydrogen) atoms. The Kier molecular flexibility index (Phi) is 7.58. The molecule has 0 fully saturated rings. The van der Waals surface area contributed by atoms with Crippen molar-refractivity contribution in [2.45, 2.75) is 38.9 Å². The van der Waals surface area contributed by atoms with Gasteiger partial charge in [-0.15, -0.1) is 5.10 Å². The van der Waals surface area contributed by atoms with Crippen LogP contribution in [0.3, 0.4) is 0 Å². The van der Waals surface area contributed by atoms with E-state index in [-0.39, 0.29) is 18.5 Å². The van der Waals surface area contributed by atoms with Gasteiger partial charge in [0.1, 0.15) is 29.7 Å². The van der Waals surface area contributed by atoms with E-state index in [9.17, 15) is 14.0 Å². The van der Waals surface area contributed by atoms with E-state index in [2.05, 4.69) is 15.6 Å². The average molecular weight is 490 g/mol. The number of aromatic nitrogens is 3. The molecule has 1 aromatic heterocycles. The SMILES string of the molecule is CC[C@@H](C)N(C(=O)Cn1nnc2ccccc21)[C@H](C(=O)Nc1ccc(F)cc1)c1ccc(OC)cc1. The van der Waals surface area contributed by atoms with Crippen molar-refractivity contribution in [2.24, 2.45) is 0 Å². The lowest BCUT2D eigenvalue weighted by molar-refractivity contribution is -0.142. The molecule has 8 nitrogen and oxygen atoms in total. The van der Waals surface area contributed by atoms with Crippen molar-refractivity contribution in [3.63, 3.8) is 0 Å². The first-order valence-electron chi connectivity index (χ1n) is 11.7. The van der Waals surface area contributed by atoms with Crippen LogP contribution in [-0.4, -0.2) is 44.9 Å². The Balaban J connectivity index is 1.71. The van der Waals surface area contributed by atoms with Crippen LogP contribution in [0, 0.1) is 5.82 Å². The molecule has 0 bridgehead atoms. The van der Waals surface area contributed by atoms with E-state index >= 15 is 0 Å². The summed E-state index contributed by atoms with van der Waals surface area (Å²) in [6.07, 6.45) is 0.625. The molecule has 1 N–H and O–H groups in total. The standard InChI is InChI=1S/C27H28FN5O3/c1-4-18(2)33(25(34)17-32-24-8-6-5-7-23(24)30-31-32)26(19-9-15-22(36-3)16-10-19)27(35)29-21-13-11-20(28)12-14-21/h5-16,18,26H,4,17H2,1-3H3,(H,29,35)/t18-,26+/m1/s1. The summed E-state index contributed by atoms with van der Waals surface area (Å²) >= 11 is 0. The van der Waals surface area contributed by atoms with Gasteiger partial charge in [0.25, 0.3) is 5.91 Å². The van der Waals surface area contributed by atoms with Crippen molar-refractivity contribution >= 4 is 28.5 Å². The first-order chi connectivity index (χ1) is 17.4. The topological polar surface area (TPSA) is 89.4 Å². The number of rotatable bonds is 9. The fraction of sp³-hybridized carbons (Fsp3) is 0.259. The highest BCUT2D eigenvalue weighted by Crippen LogP contribution is 2.29. The van der Waals surface area contributed by atoms with Crippen LogP contribution >= 0.6 is 0 Å². The van der Waals surface area contributed by atoms with Crippen LogP contribution in [-0.2, 0) is 16.1 Å². The van der Waals surface area contributed by atoms with Crippen molar-refractivity contribution in [2.75, 3.05) is 12.4 Å². The van der Waals surface area contributed by atoms with Crippen molar-refractivity contribution in [3.8, 4) is 5.75 Å². The van der Waals surface area contributed by atoms with Crippen LogP contribution in [0.5, 0.6) is 5.75 Å². The maximum atomic E-state index is 13.8. The van der Waals surface area contributed by atoms with Gasteiger partial charge in [0, 0.05) is 11.7 Å². The van der Waals surface area contributed by atoms with Gasteiger partial charge in [-0.2, -0.15) is 0 Å². The molecule has 0 spiro atoms. The largest absolute Gasteiger partial charge is 0.497 e. The molecule has 4 aromatic rings. The summed E-state index contributed by atoms with van der Waals surface area (Å²) in [4.78, 5) is 29.0. The Morgan fingerprint density at radius 2 is 1.75 bits per heavy atom. The van der Waals surface area contributed by atoms with Crippen LogP contribution in [0.4, 0.5) is 10.1 Å². The molecule has 186 valence electrons. The highest BCUT2D eigenvalue weighted by molar-refractivity contribution is 5.98. The van der Waals surface area contributed by atoms with E-state index in [0.717, 1.165) is 5.52 Å². The first kappa shape index (κ1) is 24.8. The molecule has 0 unspecified atom stereocenters. The molecule has 0 aliphatic heterocycles. The van der Waals surface area contributed by atoms with Gasteiger partial charge in [-0.1, -0.05) is 36.4 Å². The normalized spacial score (nSPS) is 12.7. The van der Waals surface area contributed by atoms with Gasteiger partial charge in [-0.25, -0.2) is 9.07 Å². The molecule has 2 atom stereocenters.